The summed E-state index contributed by atoms with van der Waals surface area (Å²) in [7, 11) is 0. The number of benzene rings is 1. The van der Waals surface area contributed by atoms with Crippen molar-refractivity contribution in [3.63, 3.8) is 0 Å². The third-order valence-electron chi connectivity index (χ3n) is 5.13. The second kappa shape index (κ2) is 5.82. The molecule has 0 radical (unpaired) electrons. The molecule has 1 unspecified atom stereocenters. The predicted molar refractivity (Wildman–Crippen MR) is 90.4 cm³/mol. The van der Waals surface area contributed by atoms with Gasteiger partial charge in [-0.1, -0.05) is 17.3 Å². The first-order valence-corrected chi connectivity index (χ1v) is 8.92. The van der Waals surface area contributed by atoms with Gasteiger partial charge in [-0.25, -0.2) is 4.79 Å². The van der Waals surface area contributed by atoms with Crippen LogP contribution in [0.5, 0.6) is 0 Å². The average molecular weight is 354 g/mol. The zero-order valence-corrected chi connectivity index (χ0v) is 14.1. The molecule has 8 nitrogen and oxygen atoms in total. The Kier molecular flexibility index (Phi) is 3.44. The van der Waals surface area contributed by atoms with Crippen molar-refractivity contribution >= 4 is 17.0 Å². The van der Waals surface area contributed by atoms with Crippen molar-refractivity contribution in [3.8, 4) is 0 Å². The fourth-order valence-electron chi connectivity index (χ4n) is 3.60. The van der Waals surface area contributed by atoms with Crippen LogP contribution in [0.4, 0.5) is 0 Å². The maximum atomic E-state index is 12.9. The van der Waals surface area contributed by atoms with E-state index in [1.54, 1.807) is 23.1 Å². The molecule has 2 aliphatic rings. The maximum absolute atomic E-state index is 12.9. The van der Waals surface area contributed by atoms with Gasteiger partial charge in [-0.2, -0.15) is 4.98 Å². The lowest BCUT2D eigenvalue weighted by atomic mass is 10.2. The van der Waals surface area contributed by atoms with E-state index >= 15 is 0 Å². The summed E-state index contributed by atoms with van der Waals surface area (Å²) in [4.78, 5) is 31.2. The van der Waals surface area contributed by atoms with E-state index in [-0.39, 0.29) is 18.5 Å². The molecule has 0 N–H and O–H groups in total. The minimum atomic E-state index is -0.524. The standard InChI is InChI=1S/C18H18N4O4/c23-15(10-22-12-4-1-2-6-14(12)25-18(22)24)21-9-3-5-13(21)17-19-16(20-26-17)11-7-8-11/h1-2,4,6,11,13H,3,5,7-10H2. The lowest BCUT2D eigenvalue weighted by molar-refractivity contribution is -0.133. The van der Waals surface area contributed by atoms with Crippen LogP contribution in [-0.4, -0.2) is 32.1 Å². The Labute approximate surface area is 148 Å². The number of hydrogen-bond donors (Lipinski definition) is 0. The number of likely N-dealkylation sites (tertiary alicyclic amines) is 1. The van der Waals surface area contributed by atoms with Crippen molar-refractivity contribution in [2.24, 2.45) is 0 Å². The van der Waals surface area contributed by atoms with Crippen LogP contribution in [0, 0.1) is 0 Å². The van der Waals surface area contributed by atoms with Crippen LogP contribution in [0.15, 0.2) is 38.0 Å². The summed E-state index contributed by atoms with van der Waals surface area (Å²) >= 11 is 0. The molecule has 2 aromatic heterocycles. The second-order valence-electron chi connectivity index (χ2n) is 6.93. The number of rotatable bonds is 4. The van der Waals surface area contributed by atoms with Crippen molar-refractivity contribution in [3.05, 3.63) is 46.5 Å². The molecule has 134 valence electrons. The molecule has 1 aliphatic carbocycles. The van der Waals surface area contributed by atoms with Gasteiger partial charge in [0.15, 0.2) is 11.4 Å². The number of fused-ring (bicyclic) bond motifs is 1. The van der Waals surface area contributed by atoms with Crippen LogP contribution in [0.1, 0.15) is 49.4 Å². The molecule has 1 saturated heterocycles. The Morgan fingerprint density at radius 2 is 2.08 bits per heavy atom. The molecular formula is C18H18N4O4. The van der Waals surface area contributed by atoms with E-state index in [0.29, 0.717) is 29.5 Å². The van der Waals surface area contributed by atoms with E-state index in [1.807, 2.05) is 6.07 Å². The third kappa shape index (κ3) is 2.53. The number of nitrogens with zero attached hydrogens (tertiary/aromatic N) is 4. The molecule has 1 saturated carbocycles. The Morgan fingerprint density at radius 3 is 2.92 bits per heavy atom. The summed E-state index contributed by atoms with van der Waals surface area (Å²) in [5.74, 6) is 0.990. The largest absolute Gasteiger partial charge is 0.420 e. The van der Waals surface area contributed by atoms with Gasteiger partial charge in [0.1, 0.15) is 12.6 Å². The van der Waals surface area contributed by atoms with Crippen LogP contribution in [0.2, 0.25) is 0 Å². The van der Waals surface area contributed by atoms with Crippen molar-refractivity contribution in [2.75, 3.05) is 6.54 Å². The number of oxazole rings is 1. The summed E-state index contributed by atoms with van der Waals surface area (Å²) < 4.78 is 12.0. The van der Waals surface area contributed by atoms with Crippen LogP contribution >= 0.6 is 0 Å². The number of aromatic nitrogens is 3. The molecule has 1 aliphatic heterocycles. The minimum absolute atomic E-state index is 0.0596. The van der Waals surface area contributed by atoms with Gasteiger partial charge in [-0.3, -0.25) is 9.36 Å². The average Bonchev–Trinajstić information content (AvgIpc) is 3.07. The van der Waals surface area contributed by atoms with Gasteiger partial charge in [0, 0.05) is 12.5 Å². The number of amides is 1. The molecule has 1 aromatic carbocycles. The SMILES string of the molecule is O=C(Cn1c(=O)oc2ccccc21)N1CCCC1c1nc(C2CC2)no1. The van der Waals surface area contributed by atoms with Crippen molar-refractivity contribution in [1.29, 1.82) is 0 Å². The highest BCUT2D eigenvalue weighted by Gasteiger charge is 2.36. The fraction of sp³-hybridized carbons (Fsp3) is 0.444. The fourth-order valence-corrected chi connectivity index (χ4v) is 3.60. The maximum Gasteiger partial charge on any atom is 0.420 e. The van der Waals surface area contributed by atoms with Crippen molar-refractivity contribution < 1.29 is 13.7 Å². The lowest BCUT2D eigenvalue weighted by Gasteiger charge is -2.21. The summed E-state index contributed by atoms with van der Waals surface area (Å²) in [5, 5.41) is 4.05. The summed E-state index contributed by atoms with van der Waals surface area (Å²) in [6.45, 7) is 0.561. The van der Waals surface area contributed by atoms with Gasteiger partial charge in [0.2, 0.25) is 11.8 Å². The molecule has 3 heterocycles. The summed E-state index contributed by atoms with van der Waals surface area (Å²) in [6.07, 6.45) is 3.86. The van der Waals surface area contributed by atoms with Crippen molar-refractivity contribution in [1.82, 2.24) is 19.6 Å². The Morgan fingerprint density at radius 1 is 1.23 bits per heavy atom. The van der Waals surface area contributed by atoms with Crippen LogP contribution in [-0.2, 0) is 11.3 Å². The minimum Gasteiger partial charge on any atom is -0.408 e. The number of carbonyl (C=O) groups excluding carboxylic acids is 1. The van der Waals surface area contributed by atoms with Crippen LogP contribution < -0.4 is 5.76 Å². The van der Waals surface area contributed by atoms with Gasteiger partial charge >= 0.3 is 5.76 Å². The highest BCUT2D eigenvalue weighted by Crippen LogP contribution is 2.39. The Hall–Kier alpha value is -2.90. The van der Waals surface area contributed by atoms with Gasteiger partial charge in [-0.15, -0.1) is 0 Å². The molecule has 2 fully saturated rings. The summed E-state index contributed by atoms with van der Waals surface area (Å²) in [6, 6.07) is 6.88. The van der Waals surface area contributed by atoms with E-state index < -0.39 is 5.76 Å². The Bertz CT molecular complexity index is 1030. The van der Waals surface area contributed by atoms with Crippen LogP contribution in [0.3, 0.4) is 0 Å². The zero-order chi connectivity index (χ0) is 17.7. The quantitative estimate of drug-likeness (QED) is 0.713. The third-order valence-corrected chi connectivity index (χ3v) is 5.13. The number of carbonyl (C=O) groups is 1. The van der Waals surface area contributed by atoms with Gasteiger partial charge < -0.3 is 13.8 Å². The highest BCUT2D eigenvalue weighted by atomic mass is 16.5. The molecule has 8 heteroatoms. The molecule has 5 rings (SSSR count). The smallest absolute Gasteiger partial charge is 0.408 e. The zero-order valence-electron chi connectivity index (χ0n) is 14.1. The highest BCUT2D eigenvalue weighted by molar-refractivity contribution is 5.80. The van der Waals surface area contributed by atoms with Crippen LogP contribution in [0.25, 0.3) is 11.1 Å². The normalized spacial score (nSPS) is 20.2. The monoisotopic (exact) mass is 354 g/mol. The topological polar surface area (TPSA) is 94.4 Å². The van der Waals surface area contributed by atoms with E-state index in [1.165, 1.54) is 4.57 Å². The molecule has 0 bridgehead atoms. The van der Waals surface area contributed by atoms with Crippen molar-refractivity contribution in [2.45, 2.75) is 44.2 Å². The molecule has 1 atom stereocenters. The van der Waals surface area contributed by atoms with Gasteiger partial charge in [0.05, 0.1) is 5.52 Å². The molecule has 3 aromatic rings. The first-order valence-electron chi connectivity index (χ1n) is 8.92. The van der Waals surface area contributed by atoms with Gasteiger partial charge in [-0.05, 0) is 37.8 Å². The second-order valence-corrected chi connectivity index (χ2v) is 6.93. The lowest BCUT2D eigenvalue weighted by Crippen LogP contribution is -2.35. The van der Waals surface area contributed by atoms with E-state index in [2.05, 4.69) is 10.1 Å². The first kappa shape index (κ1) is 15.4. The molecule has 26 heavy (non-hydrogen) atoms. The summed E-state index contributed by atoms with van der Waals surface area (Å²) in [5.41, 5.74) is 1.10. The first-order chi connectivity index (χ1) is 12.7. The molecule has 1 amide bonds. The Balaban J connectivity index is 1.40. The van der Waals surface area contributed by atoms with E-state index in [9.17, 15) is 9.59 Å². The van der Waals surface area contributed by atoms with Gasteiger partial charge in [0.25, 0.3) is 0 Å². The number of hydrogen-bond acceptors (Lipinski definition) is 6. The van der Waals surface area contributed by atoms with E-state index in [4.69, 9.17) is 8.94 Å². The molecular weight excluding hydrogens is 336 g/mol. The van der Waals surface area contributed by atoms with E-state index in [0.717, 1.165) is 31.5 Å². The predicted octanol–water partition coefficient (Wildman–Crippen LogP) is 2.22. The number of para-hydroxylation sites is 2. The molecule has 0 spiro atoms.